The zero-order valence-corrected chi connectivity index (χ0v) is 16.0. The van der Waals surface area contributed by atoms with Crippen LogP contribution in [0.25, 0.3) is 0 Å². The molecule has 1 saturated heterocycles. The van der Waals surface area contributed by atoms with Crippen LogP contribution in [0.3, 0.4) is 0 Å². The minimum absolute atomic E-state index is 0.0209. The molecular weight excluding hydrogens is 316 g/mol. The van der Waals surface area contributed by atoms with Crippen LogP contribution < -0.4 is 5.32 Å². The fourth-order valence-electron chi connectivity index (χ4n) is 4.60. The topological polar surface area (TPSA) is 70.2 Å². The van der Waals surface area contributed by atoms with E-state index in [2.05, 4.69) is 27.5 Å². The minimum Gasteiger partial charge on any atom is -0.459 e. The Hall–Kier alpha value is -1.40. The molecular formula is C19H32N4O2. The molecule has 1 aromatic rings. The third-order valence-electron chi connectivity index (χ3n) is 5.85. The molecule has 0 aromatic carbocycles. The summed E-state index contributed by atoms with van der Waals surface area (Å²) >= 11 is 0. The number of ether oxygens (including phenoxy) is 1. The van der Waals surface area contributed by atoms with Gasteiger partial charge in [0.15, 0.2) is 0 Å². The highest BCUT2D eigenvalue weighted by Gasteiger charge is 2.53. The van der Waals surface area contributed by atoms with Gasteiger partial charge in [0.05, 0.1) is 11.6 Å². The van der Waals surface area contributed by atoms with Crippen molar-refractivity contribution >= 4 is 5.97 Å². The van der Waals surface area contributed by atoms with E-state index in [4.69, 9.17) is 4.74 Å². The summed E-state index contributed by atoms with van der Waals surface area (Å²) in [6.45, 7) is 6.95. The van der Waals surface area contributed by atoms with Gasteiger partial charge in [-0.3, -0.25) is 9.89 Å². The van der Waals surface area contributed by atoms with Crippen LogP contribution in [0.15, 0.2) is 6.20 Å². The molecule has 1 aliphatic carbocycles. The number of carbonyl (C=O) groups is 1. The van der Waals surface area contributed by atoms with E-state index in [9.17, 15) is 4.79 Å². The van der Waals surface area contributed by atoms with E-state index >= 15 is 0 Å². The fraction of sp³-hybridized carbons (Fsp3) is 0.789. The highest BCUT2D eigenvalue weighted by Crippen LogP contribution is 2.52. The molecule has 140 valence electrons. The molecule has 2 aliphatic rings. The third kappa shape index (κ3) is 3.90. The standard InChI is InChI=1S/C19H32N4O2/c1-18(2)13-19(17(24)25-18)7-5-14(6-8-19)16-15(11-21-22-16)12-23(4)10-9-20-3/h11,14,20H,5-10,12-13H2,1-4H3,(H,21,22). The quantitative estimate of drug-likeness (QED) is 0.773. The Labute approximate surface area is 150 Å². The van der Waals surface area contributed by atoms with Gasteiger partial charge < -0.3 is 15.0 Å². The first kappa shape index (κ1) is 18.4. The molecule has 2 heterocycles. The zero-order chi connectivity index (χ0) is 18.1. The number of hydrogen-bond acceptors (Lipinski definition) is 5. The first-order valence-electron chi connectivity index (χ1n) is 9.44. The number of H-pyrrole nitrogens is 1. The second-order valence-corrected chi connectivity index (χ2v) is 8.53. The zero-order valence-electron chi connectivity index (χ0n) is 16.0. The Morgan fingerprint density at radius 3 is 2.72 bits per heavy atom. The predicted molar refractivity (Wildman–Crippen MR) is 97.3 cm³/mol. The summed E-state index contributed by atoms with van der Waals surface area (Å²) in [6.07, 6.45) is 6.72. The van der Waals surface area contributed by atoms with Gasteiger partial charge in [-0.1, -0.05) is 0 Å². The summed E-state index contributed by atoms with van der Waals surface area (Å²) in [5.41, 5.74) is 1.99. The maximum Gasteiger partial charge on any atom is 0.312 e. The number of hydrogen-bond donors (Lipinski definition) is 2. The van der Waals surface area contributed by atoms with E-state index in [0.717, 1.165) is 51.7 Å². The Morgan fingerprint density at radius 2 is 2.12 bits per heavy atom. The van der Waals surface area contributed by atoms with Crippen LogP contribution in [0, 0.1) is 5.41 Å². The van der Waals surface area contributed by atoms with Gasteiger partial charge in [-0.2, -0.15) is 5.10 Å². The molecule has 0 unspecified atom stereocenters. The van der Waals surface area contributed by atoms with E-state index in [1.54, 1.807) is 0 Å². The van der Waals surface area contributed by atoms with E-state index in [-0.39, 0.29) is 17.0 Å². The first-order valence-corrected chi connectivity index (χ1v) is 9.44. The van der Waals surface area contributed by atoms with Crippen LogP contribution in [-0.4, -0.2) is 53.9 Å². The predicted octanol–water partition coefficient (Wildman–Crippen LogP) is 2.43. The summed E-state index contributed by atoms with van der Waals surface area (Å²) in [5.74, 6) is 0.491. The fourth-order valence-corrected chi connectivity index (χ4v) is 4.60. The summed E-state index contributed by atoms with van der Waals surface area (Å²) in [6, 6.07) is 0. The molecule has 6 heteroatoms. The highest BCUT2D eigenvalue weighted by atomic mass is 16.6. The number of nitrogens with zero attached hydrogens (tertiary/aromatic N) is 2. The van der Waals surface area contributed by atoms with Gasteiger partial charge in [-0.15, -0.1) is 0 Å². The number of esters is 1. The first-order chi connectivity index (χ1) is 11.9. The molecule has 0 atom stereocenters. The molecule has 1 spiro atoms. The average Bonchev–Trinajstić information content (AvgIpc) is 3.08. The molecule has 2 N–H and O–H groups in total. The van der Waals surface area contributed by atoms with E-state index < -0.39 is 0 Å². The largest absolute Gasteiger partial charge is 0.459 e. The van der Waals surface area contributed by atoms with Crippen molar-refractivity contribution in [3.05, 3.63) is 17.5 Å². The van der Waals surface area contributed by atoms with Crippen molar-refractivity contribution in [1.29, 1.82) is 0 Å². The summed E-state index contributed by atoms with van der Waals surface area (Å²) in [7, 11) is 4.12. The Morgan fingerprint density at radius 1 is 1.40 bits per heavy atom. The Bertz CT molecular complexity index is 602. The lowest BCUT2D eigenvalue weighted by molar-refractivity contribution is -0.153. The van der Waals surface area contributed by atoms with Crippen molar-refractivity contribution in [2.24, 2.45) is 5.41 Å². The molecule has 6 nitrogen and oxygen atoms in total. The smallest absolute Gasteiger partial charge is 0.312 e. The lowest BCUT2D eigenvalue weighted by Crippen LogP contribution is -2.32. The van der Waals surface area contributed by atoms with Crippen molar-refractivity contribution in [2.75, 3.05) is 27.2 Å². The van der Waals surface area contributed by atoms with Gasteiger partial charge in [0.25, 0.3) is 0 Å². The van der Waals surface area contributed by atoms with Crippen molar-refractivity contribution in [1.82, 2.24) is 20.4 Å². The van der Waals surface area contributed by atoms with Gasteiger partial charge in [0.1, 0.15) is 5.60 Å². The second kappa shape index (κ2) is 7.08. The number of rotatable bonds is 6. The molecule has 0 amide bonds. The molecule has 2 fully saturated rings. The van der Waals surface area contributed by atoms with Crippen LogP contribution >= 0.6 is 0 Å². The van der Waals surface area contributed by atoms with Crippen molar-refractivity contribution < 1.29 is 9.53 Å². The summed E-state index contributed by atoms with van der Waals surface area (Å²) in [4.78, 5) is 14.7. The Balaban J connectivity index is 1.62. The normalized spacial score (nSPS) is 28.7. The maximum absolute atomic E-state index is 12.4. The highest BCUT2D eigenvalue weighted by molar-refractivity contribution is 5.79. The van der Waals surface area contributed by atoms with Gasteiger partial charge in [0, 0.05) is 43.2 Å². The van der Waals surface area contributed by atoms with Crippen LogP contribution in [0.1, 0.15) is 63.1 Å². The van der Waals surface area contributed by atoms with E-state index in [1.165, 1.54) is 11.3 Å². The minimum atomic E-state index is -0.306. The van der Waals surface area contributed by atoms with Crippen LogP contribution in [0.2, 0.25) is 0 Å². The molecule has 25 heavy (non-hydrogen) atoms. The molecule has 1 saturated carbocycles. The number of aromatic nitrogens is 2. The van der Waals surface area contributed by atoms with Crippen LogP contribution in [0.4, 0.5) is 0 Å². The van der Waals surface area contributed by atoms with Gasteiger partial charge >= 0.3 is 5.97 Å². The van der Waals surface area contributed by atoms with E-state index in [1.807, 2.05) is 27.1 Å². The van der Waals surface area contributed by atoms with Gasteiger partial charge in [0.2, 0.25) is 0 Å². The molecule has 0 bridgehead atoms. The SMILES string of the molecule is CNCCN(C)Cc1cn[nH]c1C1CCC2(CC1)CC(C)(C)OC2=O. The van der Waals surface area contributed by atoms with Crippen LogP contribution in [0.5, 0.6) is 0 Å². The summed E-state index contributed by atoms with van der Waals surface area (Å²) < 4.78 is 5.61. The third-order valence-corrected chi connectivity index (χ3v) is 5.85. The van der Waals surface area contributed by atoms with Crippen LogP contribution in [-0.2, 0) is 16.1 Å². The monoisotopic (exact) mass is 348 g/mol. The molecule has 0 radical (unpaired) electrons. The number of carbonyl (C=O) groups excluding carboxylic acids is 1. The number of likely N-dealkylation sites (N-methyl/N-ethyl adjacent to an activating group) is 2. The lowest BCUT2D eigenvalue weighted by Gasteiger charge is -2.34. The van der Waals surface area contributed by atoms with Gasteiger partial charge in [-0.05, 0) is 53.6 Å². The summed E-state index contributed by atoms with van der Waals surface area (Å²) in [5, 5.41) is 10.7. The van der Waals surface area contributed by atoms with Crippen molar-refractivity contribution in [2.45, 2.75) is 64.0 Å². The lowest BCUT2D eigenvalue weighted by atomic mass is 9.67. The average molecular weight is 348 g/mol. The second-order valence-electron chi connectivity index (χ2n) is 8.53. The molecule has 3 rings (SSSR count). The number of cyclic esters (lactones) is 1. The molecule has 1 aliphatic heterocycles. The Kier molecular flexibility index (Phi) is 5.21. The van der Waals surface area contributed by atoms with Crippen molar-refractivity contribution in [3.63, 3.8) is 0 Å². The number of aromatic amines is 1. The number of nitrogens with one attached hydrogen (secondary N) is 2. The maximum atomic E-state index is 12.4. The van der Waals surface area contributed by atoms with Gasteiger partial charge in [-0.25, -0.2) is 0 Å². The van der Waals surface area contributed by atoms with E-state index in [0.29, 0.717) is 5.92 Å². The van der Waals surface area contributed by atoms with Crippen molar-refractivity contribution in [3.8, 4) is 0 Å². The molecule has 1 aromatic heterocycles.